The number of benzene rings is 6. The SMILES string of the molecule is NNC(=O)[C@@H](CSC(c1ccccc1)c1ccccc1)NC(=O)[C@@H](CSC(c1ccccc1)(c1ccccc1)c1ccccc1)NC(=O)OCc1ccccc1. The second-order valence-corrected chi connectivity index (χ2v) is 15.3. The molecule has 0 saturated carbocycles. The van der Waals surface area contributed by atoms with Crippen molar-refractivity contribution in [3.63, 3.8) is 0 Å². The summed E-state index contributed by atoms with van der Waals surface area (Å²) in [5.41, 5.74) is 8.13. The first-order valence-corrected chi connectivity index (χ1v) is 20.3. The Hall–Kier alpha value is -5.81. The lowest BCUT2D eigenvalue weighted by molar-refractivity contribution is -0.129. The van der Waals surface area contributed by atoms with Gasteiger partial charge in [-0.2, -0.15) is 0 Å². The second kappa shape index (κ2) is 20.2. The van der Waals surface area contributed by atoms with E-state index in [0.717, 1.165) is 33.4 Å². The Morgan fingerprint density at radius 3 is 1.39 bits per heavy atom. The van der Waals surface area contributed by atoms with Crippen LogP contribution < -0.4 is 21.9 Å². The summed E-state index contributed by atoms with van der Waals surface area (Å²) in [5, 5.41) is 5.63. The van der Waals surface area contributed by atoms with Gasteiger partial charge in [0.2, 0.25) is 5.91 Å². The lowest BCUT2D eigenvalue weighted by Crippen LogP contribution is -2.56. The highest BCUT2D eigenvalue weighted by Crippen LogP contribution is 2.48. The van der Waals surface area contributed by atoms with Crippen LogP contribution in [-0.4, -0.2) is 41.5 Å². The number of carbonyl (C=O) groups is 3. The monoisotopic (exact) mass is 780 g/mol. The van der Waals surface area contributed by atoms with Crippen molar-refractivity contribution in [1.29, 1.82) is 0 Å². The molecule has 0 aliphatic heterocycles. The van der Waals surface area contributed by atoms with Gasteiger partial charge in [0.05, 0.1) is 10.00 Å². The highest BCUT2D eigenvalue weighted by molar-refractivity contribution is 8.00. The Balaban J connectivity index is 1.30. The van der Waals surface area contributed by atoms with Crippen molar-refractivity contribution in [3.8, 4) is 0 Å². The summed E-state index contributed by atoms with van der Waals surface area (Å²) >= 11 is 3.03. The molecule has 6 aromatic rings. The van der Waals surface area contributed by atoms with E-state index in [2.05, 4.69) is 52.5 Å². The molecule has 8 nitrogen and oxygen atoms in total. The first kappa shape index (κ1) is 39.9. The summed E-state index contributed by atoms with van der Waals surface area (Å²) in [4.78, 5) is 41.2. The summed E-state index contributed by atoms with van der Waals surface area (Å²) in [6, 6.07) is 57.4. The number of alkyl carbamates (subject to hydrolysis) is 1. The van der Waals surface area contributed by atoms with E-state index in [-0.39, 0.29) is 23.4 Å². The lowest BCUT2D eigenvalue weighted by atomic mass is 9.84. The van der Waals surface area contributed by atoms with E-state index in [4.69, 9.17) is 10.6 Å². The van der Waals surface area contributed by atoms with Crippen LogP contribution in [0.3, 0.4) is 0 Å². The molecule has 10 heteroatoms. The minimum absolute atomic E-state index is 0.0192. The lowest BCUT2D eigenvalue weighted by Gasteiger charge is -2.36. The first-order valence-electron chi connectivity index (χ1n) is 18.3. The van der Waals surface area contributed by atoms with Gasteiger partial charge in [-0.05, 0) is 33.4 Å². The number of thioether (sulfide) groups is 2. The number of rotatable bonds is 17. The zero-order chi connectivity index (χ0) is 39.0. The summed E-state index contributed by atoms with van der Waals surface area (Å²) in [5.74, 6) is 4.89. The van der Waals surface area contributed by atoms with Gasteiger partial charge in [0, 0.05) is 11.5 Å². The summed E-state index contributed by atoms with van der Waals surface area (Å²) in [6.07, 6.45) is -0.762. The maximum absolute atomic E-state index is 14.5. The molecule has 0 saturated heterocycles. The van der Waals surface area contributed by atoms with Crippen molar-refractivity contribution >= 4 is 41.4 Å². The fraction of sp³-hybridized carbons (Fsp3) is 0.152. The third-order valence-electron chi connectivity index (χ3n) is 9.24. The molecule has 3 amide bonds. The fourth-order valence-electron chi connectivity index (χ4n) is 6.46. The van der Waals surface area contributed by atoms with Gasteiger partial charge >= 0.3 is 6.09 Å². The van der Waals surface area contributed by atoms with E-state index in [0.29, 0.717) is 0 Å². The van der Waals surface area contributed by atoms with Gasteiger partial charge in [-0.1, -0.05) is 182 Å². The molecule has 284 valence electrons. The van der Waals surface area contributed by atoms with E-state index in [1.165, 1.54) is 23.5 Å². The molecule has 0 aliphatic carbocycles. The fourth-order valence-corrected chi connectivity index (χ4v) is 9.33. The zero-order valence-corrected chi connectivity index (χ0v) is 32.3. The van der Waals surface area contributed by atoms with Crippen LogP contribution in [0.2, 0.25) is 0 Å². The van der Waals surface area contributed by atoms with Gasteiger partial charge in [0.1, 0.15) is 18.7 Å². The van der Waals surface area contributed by atoms with Gasteiger partial charge in [-0.3, -0.25) is 15.0 Å². The van der Waals surface area contributed by atoms with E-state index in [1.54, 1.807) is 0 Å². The largest absolute Gasteiger partial charge is 0.445 e. The van der Waals surface area contributed by atoms with Crippen LogP contribution in [0.15, 0.2) is 182 Å². The van der Waals surface area contributed by atoms with Crippen molar-refractivity contribution in [2.75, 3.05) is 11.5 Å². The number of amides is 3. The summed E-state index contributed by atoms with van der Waals surface area (Å²) in [7, 11) is 0. The molecular formula is C46H44N4O4S2. The smallest absolute Gasteiger partial charge is 0.408 e. The van der Waals surface area contributed by atoms with E-state index >= 15 is 0 Å². The number of nitrogens with one attached hydrogen (secondary N) is 3. The van der Waals surface area contributed by atoms with Crippen molar-refractivity contribution in [2.45, 2.75) is 28.7 Å². The number of hydrogen-bond donors (Lipinski definition) is 4. The topological polar surface area (TPSA) is 123 Å². The molecule has 0 heterocycles. The molecular weight excluding hydrogens is 737 g/mol. The molecule has 6 rings (SSSR count). The molecule has 0 unspecified atom stereocenters. The number of hydrogen-bond acceptors (Lipinski definition) is 7. The second-order valence-electron chi connectivity index (χ2n) is 13.0. The van der Waals surface area contributed by atoms with Crippen LogP contribution in [-0.2, 0) is 25.7 Å². The van der Waals surface area contributed by atoms with Crippen molar-refractivity contribution in [2.24, 2.45) is 5.84 Å². The summed E-state index contributed by atoms with van der Waals surface area (Å²) < 4.78 is 4.83. The molecule has 5 N–H and O–H groups in total. The molecule has 0 fully saturated rings. The van der Waals surface area contributed by atoms with Gasteiger partial charge in [-0.25, -0.2) is 10.6 Å². The van der Waals surface area contributed by atoms with Crippen LogP contribution in [0.1, 0.15) is 38.6 Å². The molecule has 0 aliphatic rings. The molecule has 0 bridgehead atoms. The van der Waals surface area contributed by atoms with E-state index in [1.807, 2.05) is 146 Å². The van der Waals surface area contributed by atoms with Gasteiger partial charge in [-0.15, -0.1) is 23.5 Å². The Morgan fingerprint density at radius 1 is 0.536 bits per heavy atom. The first-order chi connectivity index (χ1) is 27.5. The summed E-state index contributed by atoms with van der Waals surface area (Å²) in [6.45, 7) is 0.0192. The van der Waals surface area contributed by atoms with Crippen LogP contribution in [0.5, 0.6) is 0 Å². The highest BCUT2D eigenvalue weighted by atomic mass is 32.2. The number of hydrazine groups is 1. The third kappa shape index (κ3) is 10.3. The normalized spacial score (nSPS) is 12.2. The zero-order valence-electron chi connectivity index (χ0n) is 30.7. The van der Waals surface area contributed by atoms with Gasteiger partial charge in [0.25, 0.3) is 5.91 Å². The number of carbonyl (C=O) groups excluding carboxylic acids is 3. The van der Waals surface area contributed by atoms with Crippen molar-refractivity contribution in [1.82, 2.24) is 16.1 Å². The molecule has 6 aromatic carbocycles. The Bertz CT molecular complexity index is 1980. The molecule has 0 spiro atoms. The Morgan fingerprint density at radius 2 is 0.946 bits per heavy atom. The average molecular weight is 781 g/mol. The van der Waals surface area contributed by atoms with Crippen LogP contribution in [0, 0.1) is 0 Å². The van der Waals surface area contributed by atoms with Crippen LogP contribution in [0.4, 0.5) is 4.79 Å². The molecule has 0 radical (unpaired) electrons. The van der Waals surface area contributed by atoms with E-state index < -0.39 is 34.7 Å². The maximum Gasteiger partial charge on any atom is 0.408 e. The minimum Gasteiger partial charge on any atom is -0.445 e. The van der Waals surface area contributed by atoms with Crippen molar-refractivity contribution in [3.05, 3.63) is 215 Å². The number of nitrogens with two attached hydrogens (primary N) is 1. The minimum atomic E-state index is -1.11. The van der Waals surface area contributed by atoms with Gasteiger partial charge < -0.3 is 15.4 Å². The molecule has 2 atom stereocenters. The maximum atomic E-state index is 14.5. The third-order valence-corrected chi connectivity index (χ3v) is 12.3. The Kier molecular flexibility index (Phi) is 14.4. The highest BCUT2D eigenvalue weighted by Gasteiger charge is 2.39. The van der Waals surface area contributed by atoms with Crippen molar-refractivity contribution < 1.29 is 19.1 Å². The van der Waals surface area contributed by atoms with Crippen LogP contribution in [0.25, 0.3) is 0 Å². The molecule has 56 heavy (non-hydrogen) atoms. The van der Waals surface area contributed by atoms with Gasteiger partial charge in [0.15, 0.2) is 0 Å². The predicted octanol–water partition coefficient (Wildman–Crippen LogP) is 8.00. The Labute approximate surface area is 336 Å². The standard InChI is InChI=1S/C46H44N4O4S2/c47-50-44(52)40(32-55-42(35-21-9-2-10-22-35)36-23-11-3-12-24-36)48-43(51)41(49-45(53)54-31-34-19-7-1-8-20-34)33-56-46(37-25-13-4-14-26-37,38-27-15-5-16-28-38)39-29-17-6-18-30-39/h1-30,40-42H,31-33,47H2,(H,48,51)(H,49,53)(H,50,52)/t40-,41-/m1/s1. The predicted molar refractivity (Wildman–Crippen MR) is 227 cm³/mol. The quantitative estimate of drug-likeness (QED) is 0.0320. The molecule has 0 aromatic heterocycles. The number of ether oxygens (including phenoxy) is 1. The average Bonchev–Trinajstić information content (AvgIpc) is 3.27. The van der Waals surface area contributed by atoms with E-state index in [9.17, 15) is 14.4 Å². The van der Waals surface area contributed by atoms with Crippen LogP contribution >= 0.6 is 23.5 Å².